The van der Waals surface area contributed by atoms with Gasteiger partial charge < -0.3 is 10.6 Å². The van der Waals surface area contributed by atoms with Crippen LogP contribution in [0.4, 0.5) is 18.9 Å². The van der Waals surface area contributed by atoms with Gasteiger partial charge in [-0.05, 0) is 42.5 Å². The summed E-state index contributed by atoms with van der Waals surface area (Å²) in [5, 5.41) is 5.39. The molecule has 8 heteroatoms. The van der Waals surface area contributed by atoms with E-state index in [4.69, 9.17) is 23.8 Å². The van der Waals surface area contributed by atoms with E-state index in [9.17, 15) is 13.2 Å². The summed E-state index contributed by atoms with van der Waals surface area (Å²) in [5.41, 5.74) is 0.0562. The first-order valence-electron chi connectivity index (χ1n) is 6.18. The molecule has 1 aromatic heterocycles. The third-order valence-corrected chi connectivity index (χ3v) is 3.26. The lowest BCUT2D eigenvalue weighted by atomic mass is 10.2. The molecule has 0 radical (unpaired) electrons. The summed E-state index contributed by atoms with van der Waals surface area (Å²) >= 11 is 10.6. The van der Waals surface area contributed by atoms with Gasteiger partial charge >= 0.3 is 6.18 Å². The fourth-order valence-corrected chi connectivity index (χ4v) is 2.08. The summed E-state index contributed by atoms with van der Waals surface area (Å²) < 4.78 is 38.3. The highest BCUT2D eigenvalue weighted by Crippen LogP contribution is 2.36. The Hall–Kier alpha value is -1.86. The van der Waals surface area contributed by atoms with Gasteiger partial charge in [0.15, 0.2) is 5.11 Å². The molecule has 0 aliphatic heterocycles. The predicted molar refractivity (Wildman–Crippen MR) is 83.8 cm³/mol. The lowest BCUT2D eigenvalue weighted by Crippen LogP contribution is -2.28. The fourth-order valence-electron chi connectivity index (χ4n) is 1.67. The number of nitrogens with one attached hydrogen (secondary N) is 2. The minimum Gasteiger partial charge on any atom is -0.357 e. The number of rotatable bonds is 3. The van der Waals surface area contributed by atoms with Crippen LogP contribution in [0.3, 0.4) is 0 Å². The number of anilines is 1. The molecule has 0 spiro atoms. The number of thiocarbonyl (C=S) groups is 1. The van der Waals surface area contributed by atoms with Crippen molar-refractivity contribution >= 4 is 34.6 Å². The zero-order valence-electron chi connectivity index (χ0n) is 11.1. The molecule has 1 heterocycles. The van der Waals surface area contributed by atoms with Gasteiger partial charge in [-0.1, -0.05) is 17.7 Å². The van der Waals surface area contributed by atoms with Crippen molar-refractivity contribution in [3.63, 3.8) is 0 Å². The van der Waals surface area contributed by atoms with Crippen LogP contribution in [0.2, 0.25) is 5.02 Å². The van der Waals surface area contributed by atoms with E-state index in [2.05, 4.69) is 15.6 Å². The first-order chi connectivity index (χ1) is 10.4. The van der Waals surface area contributed by atoms with Crippen LogP contribution in [-0.2, 0) is 12.7 Å². The number of alkyl halides is 3. The van der Waals surface area contributed by atoms with E-state index >= 15 is 0 Å². The molecule has 0 saturated heterocycles. The third-order valence-electron chi connectivity index (χ3n) is 2.69. The summed E-state index contributed by atoms with van der Waals surface area (Å²) in [6.07, 6.45) is -2.87. The Kier molecular flexibility index (Phi) is 5.20. The van der Waals surface area contributed by atoms with Crippen molar-refractivity contribution in [1.29, 1.82) is 0 Å². The fraction of sp³-hybridized carbons (Fsp3) is 0.143. The lowest BCUT2D eigenvalue weighted by molar-refractivity contribution is -0.137. The SMILES string of the molecule is FC(F)(F)c1cc(NC(=S)NCc2ccccn2)ccc1Cl. The van der Waals surface area contributed by atoms with Crippen LogP contribution in [0.5, 0.6) is 0 Å². The molecule has 0 aliphatic carbocycles. The molecule has 0 bridgehead atoms. The Labute approximate surface area is 135 Å². The Bertz CT molecular complexity index is 662. The summed E-state index contributed by atoms with van der Waals surface area (Å²) in [6.45, 7) is 0.367. The maximum Gasteiger partial charge on any atom is 0.417 e. The van der Waals surface area contributed by atoms with E-state index in [-0.39, 0.29) is 15.8 Å². The van der Waals surface area contributed by atoms with Crippen LogP contribution in [0.15, 0.2) is 42.6 Å². The molecule has 0 fully saturated rings. The third kappa shape index (κ3) is 4.57. The molecule has 116 valence electrons. The highest BCUT2D eigenvalue weighted by atomic mass is 35.5. The molecule has 0 unspecified atom stereocenters. The molecule has 2 N–H and O–H groups in total. The number of nitrogens with zero attached hydrogens (tertiary/aromatic N) is 1. The number of hydrogen-bond acceptors (Lipinski definition) is 2. The van der Waals surface area contributed by atoms with Crippen LogP contribution >= 0.6 is 23.8 Å². The highest BCUT2D eigenvalue weighted by Gasteiger charge is 2.33. The first-order valence-corrected chi connectivity index (χ1v) is 6.96. The van der Waals surface area contributed by atoms with Crippen LogP contribution in [0.1, 0.15) is 11.3 Å². The second kappa shape index (κ2) is 6.93. The number of hydrogen-bond donors (Lipinski definition) is 2. The molecular formula is C14H11ClF3N3S. The van der Waals surface area contributed by atoms with Gasteiger partial charge in [-0.15, -0.1) is 0 Å². The molecule has 0 amide bonds. The van der Waals surface area contributed by atoms with Crippen molar-refractivity contribution < 1.29 is 13.2 Å². The second-order valence-electron chi connectivity index (χ2n) is 4.32. The van der Waals surface area contributed by atoms with E-state index in [0.717, 1.165) is 11.8 Å². The molecule has 0 atom stereocenters. The minimum absolute atomic E-state index is 0.195. The maximum atomic E-state index is 12.8. The minimum atomic E-state index is -4.52. The van der Waals surface area contributed by atoms with Gasteiger partial charge in [-0.2, -0.15) is 13.2 Å². The number of aromatic nitrogens is 1. The van der Waals surface area contributed by atoms with Crippen LogP contribution in [-0.4, -0.2) is 10.1 Å². The second-order valence-corrected chi connectivity index (χ2v) is 5.14. The van der Waals surface area contributed by atoms with Crippen molar-refractivity contribution in [2.45, 2.75) is 12.7 Å². The molecule has 2 rings (SSSR count). The Morgan fingerprint density at radius 3 is 2.64 bits per heavy atom. The van der Waals surface area contributed by atoms with Gasteiger partial charge in [-0.25, -0.2) is 0 Å². The van der Waals surface area contributed by atoms with E-state index in [1.807, 2.05) is 6.07 Å². The number of benzene rings is 1. The molecule has 0 saturated carbocycles. The van der Waals surface area contributed by atoms with Crippen LogP contribution in [0.25, 0.3) is 0 Å². The van der Waals surface area contributed by atoms with Gasteiger partial charge in [0.05, 0.1) is 22.8 Å². The van der Waals surface area contributed by atoms with Crippen molar-refractivity contribution in [3.05, 3.63) is 58.9 Å². The van der Waals surface area contributed by atoms with Gasteiger partial charge in [0.25, 0.3) is 0 Å². The summed E-state index contributed by atoms with van der Waals surface area (Å²) in [5.74, 6) is 0. The molecule has 3 nitrogen and oxygen atoms in total. The van der Waals surface area contributed by atoms with Crippen molar-refractivity contribution in [1.82, 2.24) is 10.3 Å². The predicted octanol–water partition coefficient (Wildman–Crippen LogP) is 4.24. The Morgan fingerprint density at radius 1 is 1.23 bits per heavy atom. The molecule has 0 aliphatic rings. The molecule has 1 aromatic carbocycles. The first kappa shape index (κ1) is 16.5. The van der Waals surface area contributed by atoms with Gasteiger partial charge in [-0.3, -0.25) is 4.98 Å². The zero-order chi connectivity index (χ0) is 16.2. The quantitative estimate of drug-likeness (QED) is 0.816. The van der Waals surface area contributed by atoms with Gasteiger partial charge in [0.2, 0.25) is 0 Å². The largest absolute Gasteiger partial charge is 0.417 e. The normalized spacial score (nSPS) is 11.1. The number of pyridine rings is 1. The van der Waals surface area contributed by atoms with Gasteiger partial charge in [0.1, 0.15) is 0 Å². The van der Waals surface area contributed by atoms with Crippen molar-refractivity contribution in [3.8, 4) is 0 Å². The monoisotopic (exact) mass is 345 g/mol. The van der Waals surface area contributed by atoms with Gasteiger partial charge in [0, 0.05) is 11.9 Å². The van der Waals surface area contributed by atoms with Crippen LogP contribution < -0.4 is 10.6 Å². The summed E-state index contributed by atoms with van der Waals surface area (Å²) in [7, 11) is 0. The Morgan fingerprint density at radius 2 is 2.00 bits per heavy atom. The molecule has 22 heavy (non-hydrogen) atoms. The Balaban J connectivity index is 2.00. The summed E-state index contributed by atoms with van der Waals surface area (Å²) in [6, 6.07) is 8.93. The average Bonchev–Trinajstić information content (AvgIpc) is 2.47. The summed E-state index contributed by atoms with van der Waals surface area (Å²) in [4.78, 5) is 4.10. The standard InChI is InChI=1S/C14H11ClF3N3S/c15-12-5-4-9(7-11(12)14(16,17)18)21-13(22)20-8-10-3-1-2-6-19-10/h1-7H,8H2,(H2,20,21,22). The van der Waals surface area contributed by atoms with E-state index in [0.29, 0.717) is 6.54 Å². The maximum absolute atomic E-state index is 12.8. The van der Waals surface area contributed by atoms with Crippen molar-refractivity contribution in [2.75, 3.05) is 5.32 Å². The van der Waals surface area contributed by atoms with E-state index in [1.165, 1.54) is 12.1 Å². The lowest BCUT2D eigenvalue weighted by Gasteiger charge is -2.13. The molecular weight excluding hydrogens is 335 g/mol. The average molecular weight is 346 g/mol. The topological polar surface area (TPSA) is 37.0 Å². The highest BCUT2D eigenvalue weighted by molar-refractivity contribution is 7.80. The van der Waals surface area contributed by atoms with E-state index < -0.39 is 11.7 Å². The smallest absolute Gasteiger partial charge is 0.357 e. The molecule has 2 aromatic rings. The zero-order valence-corrected chi connectivity index (χ0v) is 12.7. The van der Waals surface area contributed by atoms with Crippen LogP contribution in [0, 0.1) is 0 Å². The van der Waals surface area contributed by atoms with Crippen molar-refractivity contribution in [2.24, 2.45) is 0 Å². The van der Waals surface area contributed by atoms with E-state index in [1.54, 1.807) is 18.3 Å². The number of halogens is 4.